The molecule has 0 fully saturated rings. The van der Waals surface area contributed by atoms with Crippen molar-refractivity contribution < 1.29 is 14.3 Å². The van der Waals surface area contributed by atoms with Gasteiger partial charge in [0.2, 0.25) is 0 Å². The summed E-state index contributed by atoms with van der Waals surface area (Å²) in [6.45, 7) is 0.222. The Labute approximate surface area is 187 Å². The largest absolute Gasteiger partial charge is 0.426 e. The summed E-state index contributed by atoms with van der Waals surface area (Å²) in [4.78, 5) is 25.1. The van der Waals surface area contributed by atoms with Crippen LogP contribution in [0.1, 0.15) is 22.6 Å². The molecule has 0 aliphatic heterocycles. The minimum Gasteiger partial charge on any atom is -0.426 e. The monoisotopic (exact) mass is 423 g/mol. The number of benzene rings is 4. The third kappa shape index (κ3) is 5.29. The quantitative estimate of drug-likeness (QED) is 0.325. The van der Waals surface area contributed by atoms with Crippen LogP contribution < -0.4 is 10.5 Å². The molecule has 0 spiro atoms. The van der Waals surface area contributed by atoms with E-state index in [0.29, 0.717) is 12.2 Å². The number of carbonyl (C=O) groups is 2. The zero-order valence-electron chi connectivity index (χ0n) is 17.7. The van der Waals surface area contributed by atoms with Crippen LogP contribution in [0.25, 0.3) is 10.8 Å². The van der Waals surface area contributed by atoms with Gasteiger partial charge in [-0.15, -0.1) is 0 Å². The summed E-state index contributed by atoms with van der Waals surface area (Å²) >= 11 is 0. The van der Waals surface area contributed by atoms with Crippen LogP contribution in [0, 0.1) is 0 Å². The number of nitrogens with two attached hydrogens (primary N) is 1. The standard InChI is InChI=1S/C28H25NO3/c29-19-26(27(30)17-21-10-11-22-8-4-5-9-24(22)16-21)23-12-14-25(15-13-23)32-28(31)18-20-6-2-1-3-7-20/h1-16,26H,17-19,29H2. The van der Waals surface area contributed by atoms with Crippen LogP contribution in [0.3, 0.4) is 0 Å². The van der Waals surface area contributed by atoms with Gasteiger partial charge in [0.05, 0.1) is 12.3 Å². The summed E-state index contributed by atoms with van der Waals surface area (Å²) in [6, 6.07) is 30.7. The van der Waals surface area contributed by atoms with E-state index in [9.17, 15) is 9.59 Å². The number of ketones is 1. The maximum atomic E-state index is 13.0. The van der Waals surface area contributed by atoms with E-state index >= 15 is 0 Å². The van der Waals surface area contributed by atoms with E-state index in [1.807, 2.05) is 60.7 Å². The first kappa shape index (κ1) is 21.5. The number of rotatable bonds is 8. The molecular weight excluding hydrogens is 398 g/mol. The molecular formula is C28H25NO3. The number of ether oxygens (including phenoxy) is 1. The lowest BCUT2D eigenvalue weighted by Gasteiger charge is -2.15. The average molecular weight is 424 g/mol. The molecule has 0 saturated carbocycles. The second kappa shape index (κ2) is 10.0. The third-order valence-electron chi connectivity index (χ3n) is 5.52. The molecule has 0 saturated heterocycles. The summed E-state index contributed by atoms with van der Waals surface area (Å²) < 4.78 is 5.43. The Morgan fingerprint density at radius 3 is 2.12 bits per heavy atom. The summed E-state index contributed by atoms with van der Waals surface area (Å²) in [6.07, 6.45) is 0.527. The topological polar surface area (TPSA) is 69.4 Å². The van der Waals surface area contributed by atoms with Crippen molar-refractivity contribution in [3.05, 3.63) is 114 Å². The highest BCUT2D eigenvalue weighted by Gasteiger charge is 2.20. The van der Waals surface area contributed by atoms with Gasteiger partial charge in [-0.05, 0) is 39.6 Å². The molecule has 4 aromatic rings. The molecule has 0 aliphatic carbocycles. The van der Waals surface area contributed by atoms with Crippen LogP contribution in [-0.2, 0) is 22.4 Å². The van der Waals surface area contributed by atoms with E-state index in [4.69, 9.17) is 10.5 Å². The smallest absolute Gasteiger partial charge is 0.315 e. The fourth-order valence-electron chi connectivity index (χ4n) is 3.82. The molecule has 2 N–H and O–H groups in total. The first-order valence-electron chi connectivity index (χ1n) is 10.7. The van der Waals surface area contributed by atoms with E-state index in [-0.39, 0.29) is 24.7 Å². The third-order valence-corrected chi connectivity index (χ3v) is 5.52. The van der Waals surface area contributed by atoms with E-state index in [2.05, 4.69) is 12.1 Å². The van der Waals surface area contributed by atoms with E-state index in [0.717, 1.165) is 27.5 Å². The van der Waals surface area contributed by atoms with Gasteiger partial charge in [-0.2, -0.15) is 0 Å². The Morgan fingerprint density at radius 1 is 0.719 bits per heavy atom. The zero-order chi connectivity index (χ0) is 22.3. The van der Waals surface area contributed by atoms with Gasteiger partial charge >= 0.3 is 5.97 Å². The Balaban J connectivity index is 1.40. The number of fused-ring (bicyclic) bond motifs is 1. The van der Waals surface area contributed by atoms with Gasteiger partial charge in [-0.3, -0.25) is 9.59 Å². The van der Waals surface area contributed by atoms with Crippen molar-refractivity contribution in [2.75, 3.05) is 6.54 Å². The molecule has 1 unspecified atom stereocenters. The molecule has 32 heavy (non-hydrogen) atoms. The second-order valence-corrected chi connectivity index (χ2v) is 7.82. The van der Waals surface area contributed by atoms with Gasteiger partial charge in [0.25, 0.3) is 0 Å². The van der Waals surface area contributed by atoms with Crippen LogP contribution in [0.2, 0.25) is 0 Å². The van der Waals surface area contributed by atoms with Crippen LogP contribution >= 0.6 is 0 Å². The molecule has 4 rings (SSSR count). The number of hydrogen-bond donors (Lipinski definition) is 1. The van der Waals surface area contributed by atoms with E-state index < -0.39 is 5.92 Å². The van der Waals surface area contributed by atoms with E-state index in [1.165, 1.54) is 0 Å². The van der Waals surface area contributed by atoms with Crippen molar-refractivity contribution >= 4 is 22.5 Å². The van der Waals surface area contributed by atoms with Gasteiger partial charge in [0.15, 0.2) is 0 Å². The zero-order valence-corrected chi connectivity index (χ0v) is 17.7. The lowest BCUT2D eigenvalue weighted by Crippen LogP contribution is -2.23. The first-order chi connectivity index (χ1) is 15.6. The SMILES string of the molecule is NCC(C(=O)Cc1ccc2ccccc2c1)c1ccc(OC(=O)Cc2ccccc2)cc1. The number of hydrogen-bond acceptors (Lipinski definition) is 4. The molecule has 4 aromatic carbocycles. The molecule has 1 atom stereocenters. The Kier molecular flexibility index (Phi) is 6.73. The maximum Gasteiger partial charge on any atom is 0.315 e. The Bertz CT molecular complexity index is 1220. The first-order valence-corrected chi connectivity index (χ1v) is 10.7. The minimum absolute atomic E-state index is 0.0663. The molecule has 4 heteroatoms. The fraction of sp³-hybridized carbons (Fsp3) is 0.143. The van der Waals surface area contributed by atoms with Crippen LogP contribution in [-0.4, -0.2) is 18.3 Å². The number of carbonyl (C=O) groups excluding carboxylic acids is 2. The average Bonchev–Trinajstić information content (AvgIpc) is 2.81. The van der Waals surface area contributed by atoms with Crippen molar-refractivity contribution in [2.24, 2.45) is 5.73 Å². The van der Waals surface area contributed by atoms with Gasteiger partial charge in [-0.1, -0.05) is 84.9 Å². The van der Waals surface area contributed by atoms with Crippen molar-refractivity contribution in [1.82, 2.24) is 0 Å². The normalized spacial score (nSPS) is 11.8. The van der Waals surface area contributed by atoms with Crippen LogP contribution in [0.15, 0.2) is 97.1 Å². The van der Waals surface area contributed by atoms with Crippen molar-refractivity contribution in [2.45, 2.75) is 18.8 Å². The lowest BCUT2D eigenvalue weighted by molar-refractivity contribution is -0.133. The van der Waals surface area contributed by atoms with Crippen LogP contribution in [0.4, 0.5) is 0 Å². The van der Waals surface area contributed by atoms with Crippen molar-refractivity contribution in [1.29, 1.82) is 0 Å². The van der Waals surface area contributed by atoms with Gasteiger partial charge in [0.1, 0.15) is 11.5 Å². The maximum absolute atomic E-state index is 13.0. The molecule has 0 amide bonds. The highest BCUT2D eigenvalue weighted by molar-refractivity contribution is 5.90. The molecule has 0 bridgehead atoms. The molecule has 0 aromatic heterocycles. The highest BCUT2D eigenvalue weighted by atomic mass is 16.5. The summed E-state index contributed by atoms with van der Waals surface area (Å²) in [5, 5.41) is 2.26. The van der Waals surface area contributed by atoms with Gasteiger partial charge < -0.3 is 10.5 Å². The van der Waals surface area contributed by atoms with Crippen LogP contribution in [0.5, 0.6) is 5.75 Å². The summed E-state index contributed by atoms with van der Waals surface area (Å²) in [7, 11) is 0. The molecule has 0 radical (unpaired) electrons. The highest BCUT2D eigenvalue weighted by Crippen LogP contribution is 2.23. The predicted octanol–water partition coefficient (Wildman–Crippen LogP) is 4.84. The molecule has 0 heterocycles. The van der Waals surface area contributed by atoms with Crippen molar-refractivity contribution in [3.8, 4) is 5.75 Å². The number of Topliss-reactive ketones (excluding diaryl/α,β-unsaturated/α-hetero) is 1. The molecule has 0 aliphatic rings. The van der Waals surface area contributed by atoms with Crippen molar-refractivity contribution in [3.63, 3.8) is 0 Å². The Hall–Kier alpha value is -3.76. The minimum atomic E-state index is -0.407. The summed E-state index contributed by atoms with van der Waals surface area (Å²) in [5.74, 6) is -0.216. The predicted molar refractivity (Wildman–Crippen MR) is 127 cm³/mol. The van der Waals surface area contributed by atoms with E-state index in [1.54, 1.807) is 24.3 Å². The van der Waals surface area contributed by atoms with Gasteiger partial charge in [0, 0.05) is 13.0 Å². The lowest BCUT2D eigenvalue weighted by atomic mass is 9.90. The fourth-order valence-corrected chi connectivity index (χ4v) is 3.82. The molecule has 4 nitrogen and oxygen atoms in total. The number of esters is 1. The second-order valence-electron chi connectivity index (χ2n) is 7.82. The summed E-state index contributed by atoms with van der Waals surface area (Å²) in [5.41, 5.74) is 8.64. The Morgan fingerprint density at radius 2 is 1.41 bits per heavy atom. The van der Waals surface area contributed by atoms with Gasteiger partial charge in [-0.25, -0.2) is 0 Å². The molecule has 160 valence electrons.